The molecule has 0 saturated heterocycles. The standard InChI is InChI=1S/C19H22BrN5O/c1-4-24-12-22-23-18(24)8-9-21-19(26)17-10-13(2)25(14(17)3)16-7-5-6-15(20)11-16/h5-7,10-12H,4,8-9H2,1-3H3,(H,21,26). The minimum absolute atomic E-state index is 0.0677. The Morgan fingerprint density at radius 1 is 1.27 bits per heavy atom. The minimum atomic E-state index is -0.0677. The van der Waals surface area contributed by atoms with Crippen LogP contribution in [-0.4, -0.2) is 31.8 Å². The highest BCUT2D eigenvalue weighted by molar-refractivity contribution is 9.10. The Kier molecular flexibility index (Phi) is 5.56. The van der Waals surface area contributed by atoms with Gasteiger partial charge in [0.15, 0.2) is 0 Å². The first-order valence-electron chi connectivity index (χ1n) is 8.61. The van der Waals surface area contributed by atoms with Crippen LogP contribution in [0.25, 0.3) is 5.69 Å². The lowest BCUT2D eigenvalue weighted by Crippen LogP contribution is -2.26. The Balaban J connectivity index is 1.73. The summed E-state index contributed by atoms with van der Waals surface area (Å²) in [6, 6.07) is 9.98. The number of hydrogen-bond donors (Lipinski definition) is 1. The molecule has 0 unspecified atom stereocenters. The lowest BCUT2D eigenvalue weighted by molar-refractivity contribution is 0.0953. The fourth-order valence-corrected chi connectivity index (χ4v) is 3.51. The van der Waals surface area contributed by atoms with E-state index in [1.54, 1.807) is 6.33 Å². The molecule has 1 N–H and O–H groups in total. The van der Waals surface area contributed by atoms with Crippen LogP contribution in [0.5, 0.6) is 0 Å². The molecule has 6 nitrogen and oxygen atoms in total. The molecule has 26 heavy (non-hydrogen) atoms. The number of carbonyl (C=O) groups is 1. The summed E-state index contributed by atoms with van der Waals surface area (Å²) in [4.78, 5) is 12.6. The van der Waals surface area contributed by atoms with Crippen molar-refractivity contribution in [2.75, 3.05) is 6.54 Å². The van der Waals surface area contributed by atoms with Crippen LogP contribution >= 0.6 is 15.9 Å². The maximum absolute atomic E-state index is 12.6. The first-order chi connectivity index (χ1) is 12.5. The normalized spacial score (nSPS) is 10.9. The summed E-state index contributed by atoms with van der Waals surface area (Å²) >= 11 is 3.50. The number of aromatic nitrogens is 4. The van der Waals surface area contributed by atoms with Crippen LogP contribution in [0, 0.1) is 13.8 Å². The zero-order chi connectivity index (χ0) is 18.7. The van der Waals surface area contributed by atoms with Crippen molar-refractivity contribution in [1.82, 2.24) is 24.6 Å². The van der Waals surface area contributed by atoms with Crippen molar-refractivity contribution in [3.63, 3.8) is 0 Å². The van der Waals surface area contributed by atoms with Crippen LogP contribution in [-0.2, 0) is 13.0 Å². The number of nitrogens with zero attached hydrogens (tertiary/aromatic N) is 4. The first kappa shape index (κ1) is 18.4. The molecule has 136 valence electrons. The van der Waals surface area contributed by atoms with Gasteiger partial charge in [0.25, 0.3) is 5.91 Å². The van der Waals surface area contributed by atoms with Gasteiger partial charge in [-0.05, 0) is 45.0 Å². The van der Waals surface area contributed by atoms with Crippen LogP contribution in [0.1, 0.15) is 34.5 Å². The number of amides is 1. The van der Waals surface area contributed by atoms with Crippen molar-refractivity contribution in [2.24, 2.45) is 0 Å². The smallest absolute Gasteiger partial charge is 0.253 e. The number of carbonyl (C=O) groups excluding carboxylic acids is 1. The van der Waals surface area contributed by atoms with Crippen LogP contribution in [0.15, 0.2) is 41.1 Å². The largest absolute Gasteiger partial charge is 0.352 e. The highest BCUT2D eigenvalue weighted by Crippen LogP contribution is 2.23. The number of nitrogens with one attached hydrogen (secondary N) is 1. The van der Waals surface area contributed by atoms with E-state index < -0.39 is 0 Å². The predicted molar refractivity (Wildman–Crippen MR) is 105 cm³/mol. The Morgan fingerprint density at radius 2 is 2.08 bits per heavy atom. The molecular formula is C19H22BrN5O. The summed E-state index contributed by atoms with van der Waals surface area (Å²) in [5.74, 6) is 0.814. The highest BCUT2D eigenvalue weighted by Gasteiger charge is 2.16. The lowest BCUT2D eigenvalue weighted by atomic mass is 10.2. The average Bonchev–Trinajstić information content (AvgIpc) is 3.18. The SMILES string of the molecule is CCn1cnnc1CCNC(=O)c1cc(C)n(-c2cccc(Br)c2)c1C. The number of aryl methyl sites for hydroxylation is 2. The molecule has 2 heterocycles. The van der Waals surface area contributed by atoms with Gasteiger partial charge < -0.3 is 14.5 Å². The van der Waals surface area contributed by atoms with Gasteiger partial charge in [0.05, 0.1) is 5.56 Å². The van der Waals surface area contributed by atoms with Crippen LogP contribution in [0.2, 0.25) is 0 Å². The van der Waals surface area contributed by atoms with E-state index in [1.165, 1.54) is 0 Å². The first-order valence-corrected chi connectivity index (χ1v) is 9.40. The Labute approximate surface area is 161 Å². The number of benzene rings is 1. The van der Waals surface area contributed by atoms with Crippen LogP contribution < -0.4 is 5.32 Å². The maximum atomic E-state index is 12.6. The molecule has 0 bridgehead atoms. The molecule has 1 amide bonds. The Hall–Kier alpha value is -2.41. The predicted octanol–water partition coefficient (Wildman–Crippen LogP) is 3.44. The van der Waals surface area contributed by atoms with Gasteiger partial charge in [0.2, 0.25) is 0 Å². The van der Waals surface area contributed by atoms with E-state index in [4.69, 9.17) is 0 Å². The van der Waals surface area contributed by atoms with Gasteiger partial charge in [-0.15, -0.1) is 10.2 Å². The van der Waals surface area contributed by atoms with Crippen molar-refractivity contribution in [1.29, 1.82) is 0 Å². The maximum Gasteiger partial charge on any atom is 0.253 e. The van der Waals surface area contributed by atoms with Crippen molar-refractivity contribution in [2.45, 2.75) is 33.7 Å². The third-order valence-corrected chi connectivity index (χ3v) is 4.91. The van der Waals surface area contributed by atoms with E-state index in [0.29, 0.717) is 18.5 Å². The molecule has 0 aliphatic carbocycles. The second kappa shape index (κ2) is 7.86. The lowest BCUT2D eigenvalue weighted by Gasteiger charge is -2.10. The number of rotatable bonds is 6. The summed E-state index contributed by atoms with van der Waals surface area (Å²) in [5.41, 5.74) is 3.68. The van der Waals surface area contributed by atoms with Gasteiger partial charge in [0.1, 0.15) is 12.2 Å². The van der Waals surface area contributed by atoms with Gasteiger partial charge in [0, 0.05) is 41.1 Å². The Bertz CT molecular complexity index is 928. The minimum Gasteiger partial charge on any atom is -0.352 e. The van der Waals surface area contributed by atoms with E-state index in [9.17, 15) is 4.79 Å². The van der Waals surface area contributed by atoms with Crippen LogP contribution in [0.3, 0.4) is 0 Å². The molecule has 0 aliphatic heterocycles. The molecule has 0 spiro atoms. The average molecular weight is 416 g/mol. The van der Waals surface area contributed by atoms with Gasteiger partial charge in [-0.25, -0.2) is 0 Å². The molecule has 3 aromatic rings. The van der Waals surface area contributed by atoms with Crippen molar-refractivity contribution in [3.8, 4) is 5.69 Å². The fraction of sp³-hybridized carbons (Fsp3) is 0.316. The molecule has 0 aliphatic rings. The third kappa shape index (κ3) is 3.72. The molecule has 7 heteroatoms. The van der Waals surface area contributed by atoms with E-state index >= 15 is 0 Å². The highest BCUT2D eigenvalue weighted by atomic mass is 79.9. The van der Waals surface area contributed by atoms with E-state index in [0.717, 1.165) is 33.9 Å². The second-order valence-electron chi connectivity index (χ2n) is 6.14. The monoisotopic (exact) mass is 415 g/mol. The molecule has 0 atom stereocenters. The summed E-state index contributed by atoms with van der Waals surface area (Å²) in [6.45, 7) is 7.37. The quantitative estimate of drug-likeness (QED) is 0.670. The zero-order valence-electron chi connectivity index (χ0n) is 15.2. The number of hydrogen-bond acceptors (Lipinski definition) is 3. The third-order valence-electron chi connectivity index (χ3n) is 4.41. The van der Waals surface area contributed by atoms with Gasteiger partial charge in [-0.2, -0.15) is 0 Å². The molecule has 0 radical (unpaired) electrons. The molecule has 2 aromatic heterocycles. The van der Waals surface area contributed by atoms with Gasteiger partial charge >= 0.3 is 0 Å². The van der Waals surface area contributed by atoms with E-state index in [-0.39, 0.29) is 5.91 Å². The molecule has 0 fully saturated rings. The summed E-state index contributed by atoms with van der Waals surface area (Å²) in [7, 11) is 0. The molecule has 1 aromatic carbocycles. The molecular weight excluding hydrogens is 394 g/mol. The van der Waals surface area contributed by atoms with Crippen molar-refractivity contribution >= 4 is 21.8 Å². The Morgan fingerprint density at radius 3 is 2.81 bits per heavy atom. The van der Waals surface area contributed by atoms with Crippen molar-refractivity contribution < 1.29 is 4.79 Å². The van der Waals surface area contributed by atoms with E-state index in [1.807, 2.05) is 55.7 Å². The van der Waals surface area contributed by atoms with Crippen molar-refractivity contribution in [3.05, 3.63) is 63.9 Å². The molecule has 0 saturated carbocycles. The topological polar surface area (TPSA) is 64.7 Å². The second-order valence-corrected chi connectivity index (χ2v) is 7.05. The number of halogens is 1. The van der Waals surface area contributed by atoms with E-state index in [2.05, 4.69) is 36.0 Å². The van der Waals surface area contributed by atoms with Crippen LogP contribution in [0.4, 0.5) is 0 Å². The summed E-state index contributed by atoms with van der Waals surface area (Å²) < 4.78 is 5.08. The zero-order valence-corrected chi connectivity index (χ0v) is 16.7. The fourth-order valence-electron chi connectivity index (χ4n) is 3.12. The summed E-state index contributed by atoms with van der Waals surface area (Å²) in [5, 5.41) is 11.0. The van der Waals surface area contributed by atoms with Gasteiger partial charge in [-0.3, -0.25) is 4.79 Å². The molecule has 3 rings (SSSR count). The summed E-state index contributed by atoms with van der Waals surface area (Å²) in [6.07, 6.45) is 2.37. The van der Waals surface area contributed by atoms with Gasteiger partial charge in [-0.1, -0.05) is 22.0 Å².